The predicted octanol–water partition coefficient (Wildman–Crippen LogP) is 4.53. The predicted molar refractivity (Wildman–Crippen MR) is 115 cm³/mol. The molecule has 2 aromatic rings. The number of methoxy groups -OCH3 is 1. The van der Waals surface area contributed by atoms with Gasteiger partial charge in [-0.2, -0.15) is 0 Å². The molecule has 0 aromatic heterocycles. The summed E-state index contributed by atoms with van der Waals surface area (Å²) < 4.78 is 5.25. The average Bonchev–Trinajstić information content (AvgIpc) is 2.98. The molecular formula is C23H23ClN2O4. The summed E-state index contributed by atoms with van der Waals surface area (Å²) in [4.78, 5) is 39.6. The molecule has 2 aliphatic rings. The average molecular weight is 427 g/mol. The van der Waals surface area contributed by atoms with Crippen LogP contribution in [0.3, 0.4) is 0 Å². The molecule has 1 saturated carbocycles. The summed E-state index contributed by atoms with van der Waals surface area (Å²) in [6, 6.07) is 11.4. The summed E-state index contributed by atoms with van der Waals surface area (Å²) in [6.07, 6.45) is 2.49. The third-order valence-corrected chi connectivity index (χ3v) is 6.22. The van der Waals surface area contributed by atoms with Crippen molar-refractivity contribution in [2.75, 3.05) is 17.3 Å². The first-order valence-electron chi connectivity index (χ1n) is 10.0. The van der Waals surface area contributed by atoms with Crippen LogP contribution in [0, 0.1) is 17.8 Å². The van der Waals surface area contributed by atoms with E-state index in [4.69, 9.17) is 16.3 Å². The van der Waals surface area contributed by atoms with Gasteiger partial charge in [-0.1, -0.05) is 18.5 Å². The van der Waals surface area contributed by atoms with E-state index in [1.165, 1.54) is 12.0 Å². The zero-order valence-corrected chi connectivity index (χ0v) is 17.6. The highest BCUT2D eigenvalue weighted by Gasteiger charge is 2.49. The highest BCUT2D eigenvalue weighted by atomic mass is 35.5. The maximum atomic E-state index is 12.9. The zero-order valence-electron chi connectivity index (χ0n) is 16.9. The molecule has 2 fully saturated rings. The van der Waals surface area contributed by atoms with Crippen LogP contribution in [0.4, 0.5) is 11.4 Å². The molecule has 4 rings (SSSR count). The van der Waals surface area contributed by atoms with Crippen LogP contribution in [0.25, 0.3) is 0 Å². The first kappa shape index (κ1) is 20.4. The summed E-state index contributed by atoms with van der Waals surface area (Å²) >= 11 is 6.01. The van der Waals surface area contributed by atoms with Crippen molar-refractivity contribution < 1.29 is 19.1 Å². The van der Waals surface area contributed by atoms with E-state index >= 15 is 0 Å². The number of ether oxygens (including phenoxy) is 1. The van der Waals surface area contributed by atoms with E-state index in [1.54, 1.807) is 42.5 Å². The minimum absolute atomic E-state index is 0.127. The Kier molecular flexibility index (Phi) is 5.52. The second-order valence-corrected chi connectivity index (χ2v) is 8.43. The number of nitrogens with one attached hydrogen (secondary N) is 1. The smallest absolute Gasteiger partial charge is 0.255 e. The molecule has 7 heteroatoms. The molecule has 156 valence electrons. The molecule has 1 aliphatic heterocycles. The van der Waals surface area contributed by atoms with Crippen molar-refractivity contribution in [3.8, 4) is 5.75 Å². The third-order valence-electron chi connectivity index (χ3n) is 5.99. The van der Waals surface area contributed by atoms with Gasteiger partial charge in [0.1, 0.15) is 5.75 Å². The lowest BCUT2D eigenvalue weighted by atomic mass is 9.76. The van der Waals surface area contributed by atoms with Gasteiger partial charge in [0.15, 0.2) is 0 Å². The van der Waals surface area contributed by atoms with Crippen molar-refractivity contribution in [1.29, 1.82) is 0 Å². The Morgan fingerprint density at radius 3 is 2.47 bits per heavy atom. The van der Waals surface area contributed by atoms with E-state index in [9.17, 15) is 14.4 Å². The van der Waals surface area contributed by atoms with Crippen LogP contribution in [0.15, 0.2) is 42.5 Å². The van der Waals surface area contributed by atoms with Crippen molar-refractivity contribution in [2.24, 2.45) is 17.8 Å². The number of rotatable bonds is 4. The first-order chi connectivity index (χ1) is 14.4. The lowest BCUT2D eigenvalue weighted by Crippen LogP contribution is -2.30. The molecule has 30 heavy (non-hydrogen) atoms. The van der Waals surface area contributed by atoms with E-state index < -0.39 is 0 Å². The standard InChI is InChI=1S/C23H23ClN2O4/c1-13-3-9-17-18(11-13)23(29)26(22(17)28)16-7-4-14(5-8-16)21(27)25-19-12-15(24)6-10-20(19)30-2/h4-8,10,12-13,17-18H,3,9,11H2,1-2H3,(H,25,27)/t13-,17+,18-/m0/s1. The molecule has 2 aromatic carbocycles. The summed E-state index contributed by atoms with van der Waals surface area (Å²) in [5.74, 6) is -0.0858. The number of carbonyl (C=O) groups is 3. The van der Waals surface area contributed by atoms with Crippen LogP contribution in [-0.2, 0) is 9.59 Å². The third kappa shape index (κ3) is 3.67. The monoisotopic (exact) mass is 426 g/mol. The Morgan fingerprint density at radius 1 is 1.07 bits per heavy atom. The lowest BCUT2D eigenvalue weighted by molar-refractivity contribution is -0.122. The number of anilines is 2. The highest BCUT2D eigenvalue weighted by Crippen LogP contribution is 2.42. The molecule has 0 unspecified atom stereocenters. The molecule has 0 radical (unpaired) electrons. The molecule has 1 N–H and O–H groups in total. The fraction of sp³-hybridized carbons (Fsp3) is 0.348. The van der Waals surface area contributed by atoms with Gasteiger partial charge >= 0.3 is 0 Å². The Morgan fingerprint density at radius 2 is 1.77 bits per heavy atom. The fourth-order valence-electron chi connectivity index (χ4n) is 4.38. The van der Waals surface area contributed by atoms with Gasteiger partial charge in [-0.25, -0.2) is 0 Å². The van der Waals surface area contributed by atoms with Crippen molar-refractivity contribution in [1.82, 2.24) is 0 Å². The Labute approximate surface area is 180 Å². The molecule has 0 bridgehead atoms. The number of imide groups is 1. The highest BCUT2D eigenvalue weighted by molar-refractivity contribution is 6.31. The second-order valence-electron chi connectivity index (χ2n) is 7.99. The van der Waals surface area contributed by atoms with E-state index in [0.29, 0.717) is 33.6 Å². The van der Waals surface area contributed by atoms with Crippen molar-refractivity contribution in [3.63, 3.8) is 0 Å². The minimum Gasteiger partial charge on any atom is -0.495 e. The van der Waals surface area contributed by atoms with Gasteiger partial charge in [-0.05, 0) is 67.6 Å². The van der Waals surface area contributed by atoms with Gasteiger partial charge in [-0.3, -0.25) is 19.3 Å². The zero-order chi connectivity index (χ0) is 21.4. The molecule has 1 aliphatic carbocycles. The number of nitrogens with zero attached hydrogens (tertiary/aromatic N) is 1. The van der Waals surface area contributed by atoms with Crippen molar-refractivity contribution >= 4 is 40.7 Å². The van der Waals surface area contributed by atoms with Crippen LogP contribution in [0.5, 0.6) is 5.75 Å². The van der Waals surface area contributed by atoms with E-state index in [-0.39, 0.29) is 29.6 Å². The minimum atomic E-state index is -0.344. The normalized spacial score (nSPS) is 23.3. The van der Waals surface area contributed by atoms with Gasteiger partial charge in [-0.15, -0.1) is 0 Å². The van der Waals surface area contributed by atoms with Crippen molar-refractivity contribution in [3.05, 3.63) is 53.1 Å². The quantitative estimate of drug-likeness (QED) is 0.729. The summed E-state index contributed by atoms with van der Waals surface area (Å²) in [6.45, 7) is 2.12. The van der Waals surface area contributed by atoms with E-state index in [0.717, 1.165) is 19.3 Å². The van der Waals surface area contributed by atoms with Crippen LogP contribution in [-0.4, -0.2) is 24.8 Å². The topological polar surface area (TPSA) is 75.7 Å². The van der Waals surface area contributed by atoms with Crippen LogP contribution in [0.1, 0.15) is 36.5 Å². The number of carbonyl (C=O) groups excluding carboxylic acids is 3. The number of amides is 3. The number of benzene rings is 2. The van der Waals surface area contributed by atoms with Crippen LogP contribution < -0.4 is 15.0 Å². The van der Waals surface area contributed by atoms with Gasteiger partial charge in [0.05, 0.1) is 30.3 Å². The Balaban J connectivity index is 1.52. The lowest BCUT2D eigenvalue weighted by Gasteiger charge is -2.25. The maximum absolute atomic E-state index is 12.9. The summed E-state index contributed by atoms with van der Waals surface area (Å²) in [5.41, 5.74) is 1.36. The van der Waals surface area contributed by atoms with Crippen molar-refractivity contribution in [2.45, 2.75) is 26.2 Å². The molecule has 0 spiro atoms. The molecule has 1 heterocycles. The summed E-state index contributed by atoms with van der Waals surface area (Å²) in [7, 11) is 1.51. The SMILES string of the molecule is COc1ccc(Cl)cc1NC(=O)c1ccc(N2C(=O)[C@H]3C[C@@H](C)CC[C@H]3C2=O)cc1. The first-order valence-corrected chi connectivity index (χ1v) is 10.4. The van der Waals surface area contributed by atoms with Gasteiger partial charge < -0.3 is 10.1 Å². The molecule has 3 atom stereocenters. The molecule has 1 saturated heterocycles. The largest absolute Gasteiger partial charge is 0.495 e. The molecular weight excluding hydrogens is 404 g/mol. The number of fused-ring (bicyclic) bond motifs is 1. The number of hydrogen-bond donors (Lipinski definition) is 1. The second kappa shape index (κ2) is 8.11. The number of hydrogen-bond acceptors (Lipinski definition) is 4. The van der Waals surface area contributed by atoms with Crippen LogP contribution in [0.2, 0.25) is 5.02 Å². The molecule has 6 nitrogen and oxygen atoms in total. The van der Waals surface area contributed by atoms with Gasteiger partial charge in [0, 0.05) is 10.6 Å². The Bertz CT molecular complexity index is 1000. The van der Waals surface area contributed by atoms with Crippen LogP contribution >= 0.6 is 11.6 Å². The van der Waals surface area contributed by atoms with Gasteiger partial charge in [0.2, 0.25) is 11.8 Å². The van der Waals surface area contributed by atoms with E-state index in [2.05, 4.69) is 12.2 Å². The van der Waals surface area contributed by atoms with E-state index in [1.807, 2.05) is 0 Å². The molecule has 3 amide bonds. The van der Waals surface area contributed by atoms with Gasteiger partial charge in [0.25, 0.3) is 5.91 Å². The fourth-order valence-corrected chi connectivity index (χ4v) is 4.55. The maximum Gasteiger partial charge on any atom is 0.255 e. The number of halogens is 1. The summed E-state index contributed by atoms with van der Waals surface area (Å²) in [5, 5.41) is 3.25. The Hall–Kier alpha value is -2.86.